The zero-order chi connectivity index (χ0) is 23.9. The second-order valence-corrected chi connectivity index (χ2v) is 11.0. The molecule has 0 fully saturated rings. The monoisotopic (exact) mass is 452 g/mol. The molecule has 7 rings (SSSR count). The maximum Gasteiger partial charge on any atom is 0.132 e. The van der Waals surface area contributed by atoms with Gasteiger partial charge in [-0.25, -0.2) is 0 Å². The first-order valence-electron chi connectivity index (χ1n) is 12.4. The van der Waals surface area contributed by atoms with Gasteiger partial charge in [0, 0.05) is 22.0 Å². The number of hydrogen-bond acceptors (Lipinski definition) is 1. The van der Waals surface area contributed by atoms with Gasteiger partial charge in [0.1, 0.15) is 11.5 Å². The highest BCUT2D eigenvalue weighted by Gasteiger charge is 2.38. The maximum absolute atomic E-state index is 6.40. The van der Waals surface area contributed by atoms with Gasteiger partial charge in [-0.1, -0.05) is 94.4 Å². The molecule has 0 unspecified atom stereocenters. The van der Waals surface area contributed by atoms with Crippen molar-refractivity contribution in [2.45, 2.75) is 38.5 Å². The Kier molecular flexibility index (Phi) is 4.02. The zero-order valence-electron chi connectivity index (χ0n) is 20.6. The third kappa shape index (κ3) is 2.76. The summed E-state index contributed by atoms with van der Waals surface area (Å²) in [5.41, 5.74) is 10.3. The van der Waals surface area contributed by atoms with Gasteiger partial charge in [0.25, 0.3) is 0 Å². The fraction of sp³-hybridized carbons (Fsp3) is 0.176. The summed E-state index contributed by atoms with van der Waals surface area (Å²) in [6, 6.07) is 35.4. The number of benzene rings is 5. The molecule has 2 aliphatic rings. The molecule has 0 spiro atoms. The molecule has 0 radical (unpaired) electrons. The van der Waals surface area contributed by atoms with Crippen molar-refractivity contribution in [2.24, 2.45) is 0 Å². The Hall–Kier alpha value is -3.84. The summed E-state index contributed by atoms with van der Waals surface area (Å²) in [6.45, 7) is 9.35. The number of hydrogen-bond donors (Lipinski definition) is 0. The summed E-state index contributed by atoms with van der Waals surface area (Å²) in [5.74, 6) is 1.92. The molecule has 5 aromatic rings. The second kappa shape index (κ2) is 6.86. The third-order valence-electron chi connectivity index (χ3n) is 8.28. The van der Waals surface area contributed by atoms with Crippen LogP contribution in [0, 0.1) is 0 Å². The van der Waals surface area contributed by atoms with E-state index < -0.39 is 0 Å². The lowest BCUT2D eigenvalue weighted by atomic mass is 9.72. The van der Waals surface area contributed by atoms with E-state index in [0.29, 0.717) is 0 Å². The lowest BCUT2D eigenvalue weighted by Crippen LogP contribution is -2.25. The first-order valence-corrected chi connectivity index (χ1v) is 12.4. The maximum atomic E-state index is 6.40. The first-order chi connectivity index (χ1) is 16.9. The van der Waals surface area contributed by atoms with E-state index in [0.717, 1.165) is 11.5 Å². The Bertz CT molecular complexity index is 1670. The van der Waals surface area contributed by atoms with Gasteiger partial charge in [0.2, 0.25) is 0 Å². The first kappa shape index (κ1) is 20.5. The quantitative estimate of drug-likeness (QED) is 0.246. The molecular formula is C34H28O. The second-order valence-electron chi connectivity index (χ2n) is 11.0. The molecule has 1 nitrogen and oxygen atoms in total. The third-order valence-corrected chi connectivity index (χ3v) is 8.28. The molecule has 0 aromatic heterocycles. The minimum atomic E-state index is -0.157. The molecule has 5 aromatic carbocycles. The summed E-state index contributed by atoms with van der Waals surface area (Å²) in [7, 11) is 0. The molecular weight excluding hydrogens is 424 g/mol. The van der Waals surface area contributed by atoms with Gasteiger partial charge < -0.3 is 4.74 Å². The smallest absolute Gasteiger partial charge is 0.132 e. The normalized spacial score (nSPS) is 16.1. The van der Waals surface area contributed by atoms with Crippen molar-refractivity contribution in [3.05, 3.63) is 119 Å². The predicted octanol–water partition coefficient (Wildman–Crippen LogP) is 9.24. The Labute approximate surface area is 207 Å². The Morgan fingerprint density at radius 1 is 0.486 bits per heavy atom. The van der Waals surface area contributed by atoms with Crippen molar-refractivity contribution in [1.82, 2.24) is 0 Å². The zero-order valence-corrected chi connectivity index (χ0v) is 20.6. The van der Waals surface area contributed by atoms with Gasteiger partial charge in [0.15, 0.2) is 0 Å². The number of ether oxygens (including phenoxy) is 1. The van der Waals surface area contributed by atoms with E-state index in [2.05, 4.69) is 119 Å². The summed E-state index contributed by atoms with van der Waals surface area (Å²) in [4.78, 5) is 0. The minimum Gasteiger partial charge on any atom is -0.457 e. The van der Waals surface area contributed by atoms with Gasteiger partial charge in [-0.2, -0.15) is 0 Å². The van der Waals surface area contributed by atoms with Crippen LogP contribution in [0.1, 0.15) is 49.9 Å². The van der Waals surface area contributed by atoms with Crippen molar-refractivity contribution in [3.63, 3.8) is 0 Å². The average molecular weight is 453 g/mol. The molecule has 1 heteroatoms. The van der Waals surface area contributed by atoms with Crippen LogP contribution in [0.2, 0.25) is 0 Å². The van der Waals surface area contributed by atoms with E-state index in [1.807, 2.05) is 6.07 Å². The Balaban J connectivity index is 1.43. The minimum absolute atomic E-state index is 0.0574. The van der Waals surface area contributed by atoms with Crippen LogP contribution >= 0.6 is 0 Å². The van der Waals surface area contributed by atoms with Crippen molar-refractivity contribution in [1.29, 1.82) is 0 Å². The summed E-state index contributed by atoms with van der Waals surface area (Å²) < 4.78 is 6.40. The molecule has 0 bridgehead atoms. The van der Waals surface area contributed by atoms with Crippen LogP contribution in [0.5, 0.6) is 11.5 Å². The van der Waals surface area contributed by atoms with E-state index in [1.165, 1.54) is 55.3 Å². The van der Waals surface area contributed by atoms with Gasteiger partial charge in [-0.3, -0.25) is 0 Å². The molecule has 0 N–H and O–H groups in total. The van der Waals surface area contributed by atoms with Crippen LogP contribution in [-0.4, -0.2) is 0 Å². The van der Waals surface area contributed by atoms with E-state index in [-0.39, 0.29) is 10.8 Å². The molecule has 0 saturated heterocycles. The molecule has 35 heavy (non-hydrogen) atoms. The summed E-state index contributed by atoms with van der Waals surface area (Å²) >= 11 is 0. The largest absolute Gasteiger partial charge is 0.457 e. The van der Waals surface area contributed by atoms with Crippen LogP contribution in [0.3, 0.4) is 0 Å². The van der Waals surface area contributed by atoms with Crippen LogP contribution < -0.4 is 4.74 Å². The van der Waals surface area contributed by atoms with Crippen LogP contribution in [0.25, 0.3) is 33.0 Å². The molecule has 0 saturated carbocycles. The standard InChI is InChI=1S/C34H28O/c1-33(2)28-20-23(16-17-25(28)26-18-21-10-5-6-11-22(21)19-29(26)33)24-12-9-15-31-32(24)34(3,4)27-13-7-8-14-30(27)35-31/h5-20H,1-4H3. The highest BCUT2D eigenvalue weighted by atomic mass is 16.5. The number of fused-ring (bicyclic) bond motifs is 6. The van der Waals surface area contributed by atoms with E-state index in [4.69, 9.17) is 4.74 Å². The molecule has 1 aliphatic heterocycles. The SMILES string of the molecule is CC1(C)c2cc(-c3cccc4c3C(C)(C)c3ccccc3O4)ccc2-c2cc3ccccc3cc21. The van der Waals surface area contributed by atoms with Gasteiger partial charge >= 0.3 is 0 Å². The molecule has 170 valence electrons. The lowest BCUT2D eigenvalue weighted by Gasteiger charge is -2.36. The van der Waals surface area contributed by atoms with Crippen LogP contribution in [0.15, 0.2) is 97.1 Å². The fourth-order valence-corrected chi connectivity index (χ4v) is 6.42. The molecule has 1 aliphatic carbocycles. The fourth-order valence-electron chi connectivity index (χ4n) is 6.42. The lowest BCUT2D eigenvalue weighted by molar-refractivity contribution is 0.419. The predicted molar refractivity (Wildman–Crippen MR) is 146 cm³/mol. The average Bonchev–Trinajstić information content (AvgIpc) is 3.08. The van der Waals surface area contributed by atoms with Crippen molar-refractivity contribution >= 4 is 10.8 Å². The van der Waals surface area contributed by atoms with Crippen molar-refractivity contribution in [3.8, 4) is 33.8 Å². The van der Waals surface area contributed by atoms with Gasteiger partial charge in [-0.15, -0.1) is 0 Å². The molecule has 0 amide bonds. The highest BCUT2D eigenvalue weighted by Crippen LogP contribution is 2.54. The number of rotatable bonds is 1. The van der Waals surface area contributed by atoms with Crippen molar-refractivity contribution in [2.75, 3.05) is 0 Å². The van der Waals surface area contributed by atoms with E-state index in [1.54, 1.807) is 0 Å². The molecule has 0 atom stereocenters. The van der Waals surface area contributed by atoms with Crippen molar-refractivity contribution < 1.29 is 4.74 Å². The van der Waals surface area contributed by atoms with E-state index >= 15 is 0 Å². The van der Waals surface area contributed by atoms with E-state index in [9.17, 15) is 0 Å². The van der Waals surface area contributed by atoms with Crippen LogP contribution in [-0.2, 0) is 10.8 Å². The topological polar surface area (TPSA) is 9.23 Å². The Morgan fingerprint density at radius 3 is 2.00 bits per heavy atom. The van der Waals surface area contributed by atoms with Gasteiger partial charge in [-0.05, 0) is 74.5 Å². The molecule has 1 heterocycles. The highest BCUT2D eigenvalue weighted by molar-refractivity contribution is 5.94. The summed E-state index contributed by atoms with van der Waals surface area (Å²) in [5, 5.41) is 2.61. The van der Waals surface area contributed by atoms with Gasteiger partial charge in [0.05, 0.1) is 0 Å². The van der Waals surface area contributed by atoms with Crippen LogP contribution in [0.4, 0.5) is 0 Å². The summed E-state index contributed by atoms with van der Waals surface area (Å²) in [6.07, 6.45) is 0. The Morgan fingerprint density at radius 2 is 1.17 bits per heavy atom. The number of para-hydroxylation sites is 1.